The number of thioether (sulfide) groups is 1. The summed E-state index contributed by atoms with van der Waals surface area (Å²) in [6, 6.07) is 13.2. The Bertz CT molecular complexity index is 1110. The van der Waals surface area contributed by atoms with Gasteiger partial charge in [-0.2, -0.15) is 0 Å². The molecule has 3 rings (SSSR count). The van der Waals surface area contributed by atoms with Crippen LogP contribution in [-0.2, 0) is 16.1 Å². The lowest BCUT2D eigenvalue weighted by molar-refractivity contribution is -0.115. The van der Waals surface area contributed by atoms with Crippen LogP contribution in [0.3, 0.4) is 0 Å². The number of ether oxygens (including phenoxy) is 1. The maximum absolute atomic E-state index is 13.1. The predicted octanol–water partition coefficient (Wildman–Crippen LogP) is 4.56. The zero-order valence-corrected chi connectivity index (χ0v) is 19.3. The van der Waals surface area contributed by atoms with Crippen molar-refractivity contribution in [3.63, 3.8) is 0 Å². The number of para-hydroxylation sites is 2. The maximum Gasteiger partial charge on any atom is 0.262 e. The molecule has 6 nitrogen and oxygen atoms in total. The maximum atomic E-state index is 13.1. The van der Waals surface area contributed by atoms with Gasteiger partial charge < -0.3 is 10.1 Å². The standard InChI is InChI=1S/C24H29N3O3S/c1-5-30-15-9-14-27-23(29)19-12-6-7-13-20(19)25-24(27)31-18(4)22(28)26-21-16(2)10-8-11-17(21)3/h6-8,10-13,18H,5,9,14-15H2,1-4H3,(H,26,28)/t18-/m1/s1. The fourth-order valence-corrected chi connectivity index (χ4v) is 4.29. The molecule has 7 heteroatoms. The van der Waals surface area contributed by atoms with Crippen molar-refractivity contribution < 1.29 is 9.53 Å². The van der Waals surface area contributed by atoms with E-state index in [2.05, 4.69) is 5.32 Å². The lowest BCUT2D eigenvalue weighted by Crippen LogP contribution is -2.27. The number of benzene rings is 2. The number of hydrogen-bond donors (Lipinski definition) is 1. The highest BCUT2D eigenvalue weighted by Crippen LogP contribution is 2.25. The first-order valence-electron chi connectivity index (χ1n) is 10.5. The zero-order valence-electron chi connectivity index (χ0n) is 18.5. The smallest absolute Gasteiger partial charge is 0.262 e. The van der Waals surface area contributed by atoms with Crippen LogP contribution in [0.2, 0.25) is 0 Å². The van der Waals surface area contributed by atoms with Crippen LogP contribution in [-0.4, -0.2) is 33.9 Å². The van der Waals surface area contributed by atoms with Gasteiger partial charge in [0.25, 0.3) is 5.56 Å². The summed E-state index contributed by atoms with van der Waals surface area (Å²) in [4.78, 5) is 30.7. The van der Waals surface area contributed by atoms with Crippen LogP contribution in [0.5, 0.6) is 0 Å². The van der Waals surface area contributed by atoms with E-state index in [1.807, 2.05) is 64.1 Å². The topological polar surface area (TPSA) is 73.2 Å². The second-order valence-corrected chi connectivity index (χ2v) is 8.74. The SMILES string of the molecule is CCOCCCn1c(S[C@H](C)C(=O)Nc2c(C)cccc2C)nc2ccccc2c1=O. The Morgan fingerprint density at radius 3 is 2.58 bits per heavy atom. The van der Waals surface area contributed by atoms with Gasteiger partial charge in [0.2, 0.25) is 5.91 Å². The van der Waals surface area contributed by atoms with E-state index in [1.165, 1.54) is 11.8 Å². The van der Waals surface area contributed by atoms with Crippen LogP contribution in [0.25, 0.3) is 10.9 Å². The highest BCUT2D eigenvalue weighted by atomic mass is 32.2. The molecule has 0 saturated heterocycles. The second-order valence-electron chi connectivity index (χ2n) is 7.43. The average Bonchev–Trinajstić information content (AvgIpc) is 2.75. The van der Waals surface area contributed by atoms with Gasteiger partial charge in [-0.3, -0.25) is 14.2 Å². The Morgan fingerprint density at radius 2 is 1.87 bits per heavy atom. The molecule has 1 heterocycles. The molecule has 0 bridgehead atoms. The van der Waals surface area contributed by atoms with Gasteiger partial charge in [-0.1, -0.05) is 42.1 Å². The molecule has 31 heavy (non-hydrogen) atoms. The number of nitrogens with one attached hydrogen (secondary N) is 1. The number of hydrogen-bond acceptors (Lipinski definition) is 5. The summed E-state index contributed by atoms with van der Waals surface area (Å²) < 4.78 is 7.09. The van der Waals surface area contributed by atoms with Crippen molar-refractivity contribution >= 4 is 34.3 Å². The Balaban J connectivity index is 1.86. The Morgan fingerprint density at radius 1 is 1.16 bits per heavy atom. The minimum absolute atomic E-state index is 0.0908. The van der Waals surface area contributed by atoms with Crippen molar-refractivity contribution in [2.24, 2.45) is 0 Å². The summed E-state index contributed by atoms with van der Waals surface area (Å²) in [5.74, 6) is -0.120. The quantitative estimate of drug-likeness (QED) is 0.301. The third kappa shape index (κ3) is 5.54. The zero-order chi connectivity index (χ0) is 22.4. The Kier molecular flexibility index (Phi) is 7.87. The van der Waals surface area contributed by atoms with E-state index in [1.54, 1.807) is 10.6 Å². The van der Waals surface area contributed by atoms with Crippen molar-refractivity contribution in [1.29, 1.82) is 0 Å². The van der Waals surface area contributed by atoms with E-state index in [4.69, 9.17) is 9.72 Å². The minimum atomic E-state index is -0.426. The molecule has 0 saturated carbocycles. The highest BCUT2D eigenvalue weighted by Gasteiger charge is 2.20. The molecule has 0 radical (unpaired) electrons. The molecule has 1 N–H and O–H groups in total. The van der Waals surface area contributed by atoms with Crippen LogP contribution in [0, 0.1) is 13.8 Å². The molecular formula is C24H29N3O3S. The van der Waals surface area contributed by atoms with Crippen LogP contribution >= 0.6 is 11.8 Å². The minimum Gasteiger partial charge on any atom is -0.382 e. The van der Waals surface area contributed by atoms with Crippen LogP contribution < -0.4 is 10.9 Å². The first kappa shape index (κ1) is 23.0. The number of nitrogens with zero attached hydrogens (tertiary/aromatic N) is 2. The van der Waals surface area contributed by atoms with Crippen molar-refractivity contribution in [2.45, 2.75) is 51.1 Å². The molecule has 0 unspecified atom stereocenters. The van der Waals surface area contributed by atoms with Crippen LogP contribution in [0.15, 0.2) is 52.4 Å². The number of anilines is 1. The predicted molar refractivity (Wildman–Crippen MR) is 127 cm³/mol. The summed E-state index contributed by atoms with van der Waals surface area (Å²) in [6.07, 6.45) is 0.699. The largest absolute Gasteiger partial charge is 0.382 e. The Hall–Kier alpha value is -2.64. The van der Waals surface area contributed by atoms with E-state index >= 15 is 0 Å². The van der Waals surface area contributed by atoms with Gasteiger partial charge in [-0.15, -0.1) is 0 Å². The summed E-state index contributed by atoms with van der Waals surface area (Å²) in [6.45, 7) is 9.43. The van der Waals surface area contributed by atoms with Gasteiger partial charge in [-0.25, -0.2) is 4.98 Å². The molecule has 1 atom stereocenters. The fraction of sp³-hybridized carbons (Fsp3) is 0.375. The van der Waals surface area contributed by atoms with Gasteiger partial charge in [-0.05, 0) is 57.4 Å². The van der Waals surface area contributed by atoms with Crippen molar-refractivity contribution in [1.82, 2.24) is 9.55 Å². The number of fused-ring (bicyclic) bond motifs is 1. The number of aryl methyl sites for hydroxylation is 2. The van der Waals surface area contributed by atoms with E-state index in [0.29, 0.717) is 42.2 Å². The highest BCUT2D eigenvalue weighted by molar-refractivity contribution is 8.00. The first-order chi connectivity index (χ1) is 14.9. The van der Waals surface area contributed by atoms with Gasteiger partial charge in [0.15, 0.2) is 5.16 Å². The number of carbonyl (C=O) groups is 1. The van der Waals surface area contributed by atoms with E-state index in [9.17, 15) is 9.59 Å². The van der Waals surface area contributed by atoms with E-state index in [0.717, 1.165) is 16.8 Å². The molecule has 1 amide bonds. The molecule has 164 valence electrons. The number of aromatic nitrogens is 2. The monoisotopic (exact) mass is 439 g/mol. The molecule has 2 aromatic carbocycles. The normalized spacial score (nSPS) is 12.1. The molecule has 0 aliphatic rings. The first-order valence-corrected chi connectivity index (χ1v) is 11.4. The van der Waals surface area contributed by atoms with Gasteiger partial charge in [0.05, 0.1) is 16.2 Å². The van der Waals surface area contributed by atoms with Crippen molar-refractivity contribution in [3.8, 4) is 0 Å². The number of carbonyl (C=O) groups excluding carboxylic acids is 1. The summed E-state index contributed by atoms with van der Waals surface area (Å²) in [5, 5.41) is 3.73. The van der Waals surface area contributed by atoms with E-state index in [-0.39, 0.29) is 11.5 Å². The third-order valence-electron chi connectivity index (χ3n) is 5.08. The van der Waals surface area contributed by atoms with Crippen molar-refractivity contribution in [3.05, 3.63) is 63.9 Å². The Labute approximate surface area is 187 Å². The number of amides is 1. The van der Waals surface area contributed by atoms with Gasteiger partial charge >= 0.3 is 0 Å². The van der Waals surface area contributed by atoms with Crippen molar-refractivity contribution in [2.75, 3.05) is 18.5 Å². The molecule has 0 aliphatic heterocycles. The average molecular weight is 440 g/mol. The summed E-state index contributed by atoms with van der Waals surface area (Å²) in [7, 11) is 0. The lowest BCUT2D eigenvalue weighted by Gasteiger charge is -2.18. The van der Waals surface area contributed by atoms with Crippen LogP contribution in [0.1, 0.15) is 31.4 Å². The molecule has 3 aromatic rings. The van der Waals surface area contributed by atoms with Crippen LogP contribution in [0.4, 0.5) is 5.69 Å². The molecular weight excluding hydrogens is 410 g/mol. The van der Waals surface area contributed by atoms with Gasteiger partial charge in [0.1, 0.15) is 0 Å². The van der Waals surface area contributed by atoms with E-state index < -0.39 is 5.25 Å². The fourth-order valence-electron chi connectivity index (χ4n) is 3.35. The molecule has 0 aliphatic carbocycles. The number of rotatable bonds is 9. The van der Waals surface area contributed by atoms with Gasteiger partial charge in [0, 0.05) is 25.4 Å². The third-order valence-corrected chi connectivity index (χ3v) is 6.17. The lowest BCUT2D eigenvalue weighted by atomic mass is 10.1. The second kappa shape index (κ2) is 10.6. The molecule has 0 spiro atoms. The summed E-state index contributed by atoms with van der Waals surface area (Å²) in [5.41, 5.74) is 3.41. The molecule has 1 aromatic heterocycles. The molecule has 0 fully saturated rings. The summed E-state index contributed by atoms with van der Waals surface area (Å²) >= 11 is 1.30.